The van der Waals surface area contributed by atoms with Gasteiger partial charge in [0.2, 0.25) is 5.89 Å². The molecule has 0 spiro atoms. The van der Waals surface area contributed by atoms with Crippen molar-refractivity contribution in [2.24, 2.45) is 0 Å². The lowest BCUT2D eigenvalue weighted by atomic mass is 10.1. The van der Waals surface area contributed by atoms with Crippen molar-refractivity contribution in [3.63, 3.8) is 0 Å². The summed E-state index contributed by atoms with van der Waals surface area (Å²) in [7, 11) is 1.51. The average molecular weight is 303 g/mol. The number of hydrogen-bond acceptors (Lipinski definition) is 4. The van der Waals surface area contributed by atoms with Crippen molar-refractivity contribution in [1.82, 2.24) is 9.78 Å². The fourth-order valence-corrected chi connectivity index (χ4v) is 2.23. The van der Waals surface area contributed by atoms with E-state index in [0.29, 0.717) is 23.0 Å². The summed E-state index contributed by atoms with van der Waals surface area (Å²) in [5.74, 6) is -0.239. The highest BCUT2D eigenvalue weighted by molar-refractivity contribution is 6.34. The van der Waals surface area contributed by atoms with Crippen LogP contribution in [0.2, 0.25) is 10.0 Å². The first-order valence-electron chi connectivity index (χ1n) is 5.59. The average Bonchev–Trinajstić information content (AvgIpc) is 2.66. The second-order valence-electron chi connectivity index (χ2n) is 3.95. The molecule has 2 rings (SSSR count). The Labute approximate surface area is 119 Å². The third-order valence-electron chi connectivity index (χ3n) is 2.45. The van der Waals surface area contributed by atoms with Gasteiger partial charge in [-0.05, 0) is 30.2 Å². The summed E-state index contributed by atoms with van der Waals surface area (Å²) in [5, 5.41) is 5.14. The van der Waals surface area contributed by atoms with E-state index in [1.54, 1.807) is 18.2 Å². The second kappa shape index (κ2) is 6.23. The van der Waals surface area contributed by atoms with Gasteiger partial charge in [0.05, 0.1) is 6.54 Å². The van der Waals surface area contributed by atoms with Gasteiger partial charge < -0.3 is 9.15 Å². The predicted molar refractivity (Wildman–Crippen MR) is 71.6 cm³/mol. The Kier molecular flexibility index (Phi) is 4.63. The normalized spacial score (nSPS) is 10.9. The minimum absolute atomic E-state index is 0.172. The first-order chi connectivity index (χ1) is 9.08. The van der Waals surface area contributed by atoms with Crippen molar-refractivity contribution in [1.29, 1.82) is 0 Å². The Morgan fingerprint density at radius 2 is 2.00 bits per heavy atom. The van der Waals surface area contributed by atoms with E-state index in [4.69, 9.17) is 32.4 Å². The van der Waals surface area contributed by atoms with Gasteiger partial charge in [-0.3, -0.25) is 0 Å². The molecule has 0 fully saturated rings. The fourth-order valence-electron chi connectivity index (χ4n) is 1.66. The molecule has 0 aliphatic carbocycles. The van der Waals surface area contributed by atoms with Gasteiger partial charge >= 0.3 is 5.76 Å². The van der Waals surface area contributed by atoms with Crippen LogP contribution in [0.5, 0.6) is 0 Å². The number of rotatable bonds is 5. The topological polar surface area (TPSA) is 57.3 Å². The number of aromatic nitrogens is 2. The van der Waals surface area contributed by atoms with Crippen LogP contribution in [-0.2, 0) is 24.3 Å². The number of nitrogens with zero attached hydrogens (tertiary/aromatic N) is 2. The van der Waals surface area contributed by atoms with E-state index in [-0.39, 0.29) is 12.5 Å². The molecule has 0 saturated heterocycles. The summed E-state index contributed by atoms with van der Waals surface area (Å²) in [6, 6.07) is 5.26. The maximum Gasteiger partial charge on any atom is 0.437 e. The van der Waals surface area contributed by atoms with E-state index >= 15 is 0 Å². The zero-order chi connectivity index (χ0) is 13.8. The van der Waals surface area contributed by atoms with Crippen molar-refractivity contribution in [3.8, 4) is 0 Å². The molecule has 1 heterocycles. The highest BCUT2D eigenvalue weighted by atomic mass is 35.5. The van der Waals surface area contributed by atoms with Crippen LogP contribution in [0.3, 0.4) is 0 Å². The first-order valence-corrected chi connectivity index (χ1v) is 6.35. The van der Waals surface area contributed by atoms with Gasteiger partial charge in [-0.2, -0.15) is 4.68 Å². The predicted octanol–water partition coefficient (Wildman–Crippen LogP) is 2.53. The summed E-state index contributed by atoms with van der Waals surface area (Å²) in [4.78, 5) is 11.5. The molecule has 0 unspecified atom stereocenters. The second-order valence-corrected chi connectivity index (χ2v) is 4.82. The van der Waals surface area contributed by atoms with Crippen molar-refractivity contribution in [3.05, 3.63) is 50.2 Å². The molecule has 1 aromatic carbocycles. The van der Waals surface area contributed by atoms with E-state index in [9.17, 15) is 4.79 Å². The summed E-state index contributed by atoms with van der Waals surface area (Å²) >= 11 is 11.8. The van der Waals surface area contributed by atoms with Crippen LogP contribution in [0.15, 0.2) is 27.4 Å². The Balaban J connectivity index is 2.07. The monoisotopic (exact) mass is 302 g/mol. The van der Waals surface area contributed by atoms with Gasteiger partial charge in [0, 0.05) is 17.2 Å². The quantitative estimate of drug-likeness (QED) is 0.851. The molecule has 1 aromatic heterocycles. The Morgan fingerprint density at radius 3 is 2.63 bits per heavy atom. The van der Waals surface area contributed by atoms with Crippen LogP contribution in [0.1, 0.15) is 11.5 Å². The zero-order valence-electron chi connectivity index (χ0n) is 10.2. The minimum atomic E-state index is -0.500. The molecule has 0 bridgehead atoms. The maximum absolute atomic E-state index is 11.5. The standard InChI is InChI=1S/C12H12Cl2N2O3/c1-18-7-11-15-16(12(17)19-11)3-2-8-4-9(13)6-10(14)5-8/h4-6H,2-3,7H2,1H3. The van der Waals surface area contributed by atoms with Gasteiger partial charge in [0.15, 0.2) is 0 Å². The fraction of sp³-hybridized carbons (Fsp3) is 0.333. The summed E-state index contributed by atoms with van der Waals surface area (Å²) in [6.45, 7) is 0.563. The molecule has 0 N–H and O–H groups in total. The van der Waals surface area contributed by atoms with Gasteiger partial charge in [0.1, 0.15) is 6.61 Å². The summed E-state index contributed by atoms with van der Waals surface area (Å²) < 4.78 is 11.0. The Morgan fingerprint density at radius 1 is 1.32 bits per heavy atom. The highest BCUT2D eigenvalue weighted by Gasteiger charge is 2.08. The molecule has 0 aliphatic heterocycles. The molecule has 0 amide bonds. The largest absolute Gasteiger partial charge is 0.437 e. The van der Waals surface area contributed by atoms with Crippen LogP contribution in [0, 0.1) is 0 Å². The molecule has 5 nitrogen and oxygen atoms in total. The van der Waals surface area contributed by atoms with E-state index in [2.05, 4.69) is 5.10 Å². The third-order valence-corrected chi connectivity index (χ3v) is 2.89. The Bertz CT molecular complexity index is 601. The van der Waals surface area contributed by atoms with Crippen molar-refractivity contribution < 1.29 is 9.15 Å². The minimum Gasteiger partial charge on any atom is -0.390 e. The smallest absolute Gasteiger partial charge is 0.390 e. The Hall–Kier alpha value is -1.30. The molecule has 102 valence electrons. The van der Waals surface area contributed by atoms with Crippen molar-refractivity contribution >= 4 is 23.2 Å². The molecule has 19 heavy (non-hydrogen) atoms. The van der Waals surface area contributed by atoms with Gasteiger partial charge in [-0.25, -0.2) is 4.79 Å². The number of benzene rings is 1. The van der Waals surface area contributed by atoms with Crippen LogP contribution >= 0.6 is 23.2 Å². The SMILES string of the molecule is COCc1nn(CCc2cc(Cl)cc(Cl)c2)c(=O)o1. The van der Waals surface area contributed by atoms with Gasteiger partial charge in [-0.15, -0.1) is 5.10 Å². The molecule has 0 radical (unpaired) electrons. The molecular weight excluding hydrogens is 291 g/mol. The van der Waals surface area contributed by atoms with Gasteiger partial charge in [-0.1, -0.05) is 23.2 Å². The van der Waals surface area contributed by atoms with Crippen molar-refractivity contribution in [2.45, 2.75) is 19.6 Å². The number of hydrogen-bond donors (Lipinski definition) is 0. The van der Waals surface area contributed by atoms with Gasteiger partial charge in [0.25, 0.3) is 0 Å². The van der Waals surface area contributed by atoms with Crippen LogP contribution < -0.4 is 5.76 Å². The lowest BCUT2D eigenvalue weighted by Gasteiger charge is -2.02. The zero-order valence-corrected chi connectivity index (χ0v) is 11.7. The lowest BCUT2D eigenvalue weighted by Crippen LogP contribution is -2.17. The molecule has 0 aliphatic rings. The number of halogens is 2. The number of ether oxygens (including phenoxy) is 1. The summed E-state index contributed by atoms with van der Waals surface area (Å²) in [6.07, 6.45) is 0.582. The number of methoxy groups -OCH3 is 1. The van der Waals surface area contributed by atoms with E-state index in [1.165, 1.54) is 11.8 Å². The van der Waals surface area contributed by atoms with Crippen molar-refractivity contribution in [2.75, 3.05) is 7.11 Å². The summed E-state index contributed by atoms with van der Waals surface area (Å²) in [5.41, 5.74) is 0.931. The molecule has 2 aromatic rings. The van der Waals surface area contributed by atoms with Crippen LogP contribution in [0.4, 0.5) is 0 Å². The molecule has 0 atom stereocenters. The molecule has 0 saturated carbocycles. The molecular formula is C12H12Cl2N2O3. The molecule has 7 heteroatoms. The third kappa shape index (κ3) is 3.83. The maximum atomic E-state index is 11.5. The van der Waals surface area contributed by atoms with Crippen LogP contribution in [-0.4, -0.2) is 16.9 Å². The van der Waals surface area contributed by atoms with Crippen LogP contribution in [0.25, 0.3) is 0 Å². The first kappa shape index (κ1) is 14.1. The highest BCUT2D eigenvalue weighted by Crippen LogP contribution is 2.19. The lowest BCUT2D eigenvalue weighted by molar-refractivity contribution is 0.158. The van der Waals surface area contributed by atoms with E-state index < -0.39 is 5.76 Å². The van der Waals surface area contributed by atoms with E-state index in [0.717, 1.165) is 5.56 Å². The van der Waals surface area contributed by atoms with E-state index in [1.807, 2.05) is 0 Å². The number of aryl methyl sites for hydroxylation is 2.